The number of nitrogens with two attached hydrogens (primary N) is 1. The van der Waals surface area contributed by atoms with Crippen molar-refractivity contribution in [2.45, 2.75) is 0 Å². The summed E-state index contributed by atoms with van der Waals surface area (Å²) < 4.78 is 9.08. The van der Waals surface area contributed by atoms with Crippen LogP contribution in [0.4, 0.5) is 0 Å². The third-order valence-corrected chi connectivity index (χ3v) is 2.11. The average molecular weight is 155 g/mol. The molecule has 1 fully saturated rings. The molecule has 0 bridgehead atoms. The van der Waals surface area contributed by atoms with Crippen molar-refractivity contribution in [1.82, 2.24) is 0 Å². The lowest BCUT2D eigenvalue weighted by Crippen LogP contribution is -2.21. The zero-order valence-corrected chi connectivity index (χ0v) is 5.68. The minimum Gasteiger partial charge on any atom is -0.382 e. The van der Waals surface area contributed by atoms with Gasteiger partial charge in [0, 0.05) is 24.0 Å². The first-order valence-electron chi connectivity index (χ1n) is 1.42. The summed E-state index contributed by atoms with van der Waals surface area (Å²) >= 11 is 8.88. The molecular formula is CH2NO2PS2. The van der Waals surface area contributed by atoms with Gasteiger partial charge < -0.3 is 9.05 Å². The second-order valence-corrected chi connectivity index (χ2v) is 4.28. The molecule has 0 unspecified atom stereocenters. The van der Waals surface area contributed by atoms with Gasteiger partial charge in [0.2, 0.25) is 0 Å². The van der Waals surface area contributed by atoms with Crippen LogP contribution in [-0.2, 0) is 20.9 Å². The van der Waals surface area contributed by atoms with Crippen LogP contribution in [0.15, 0.2) is 0 Å². The molecule has 1 heterocycles. The average Bonchev–Trinajstić information content (AvgIpc) is 1.27. The van der Waals surface area contributed by atoms with Crippen molar-refractivity contribution >= 4 is 35.9 Å². The summed E-state index contributed by atoms with van der Waals surface area (Å²) in [6.07, 6.45) is 0. The number of hydrogen-bond acceptors (Lipinski definition) is 4. The monoisotopic (exact) mass is 155 g/mol. The van der Waals surface area contributed by atoms with E-state index >= 15 is 0 Å². The van der Waals surface area contributed by atoms with E-state index < -0.39 is 6.64 Å². The third kappa shape index (κ3) is 1.10. The summed E-state index contributed by atoms with van der Waals surface area (Å²) in [5, 5.41) is 0.0748. The minimum atomic E-state index is -2.33. The van der Waals surface area contributed by atoms with Gasteiger partial charge in [-0.1, -0.05) is 0 Å². The van der Waals surface area contributed by atoms with Crippen LogP contribution in [0.1, 0.15) is 0 Å². The molecule has 40 valence electrons. The molecule has 1 aliphatic heterocycles. The van der Waals surface area contributed by atoms with Crippen LogP contribution in [0.3, 0.4) is 0 Å². The van der Waals surface area contributed by atoms with Crippen LogP contribution in [-0.4, -0.2) is 5.24 Å². The second kappa shape index (κ2) is 1.39. The predicted octanol–water partition coefficient (Wildman–Crippen LogP) is 0.501. The predicted molar refractivity (Wildman–Crippen MR) is 33.2 cm³/mol. The molecule has 1 aliphatic rings. The number of thiocarbonyl (C=S) groups is 1. The Morgan fingerprint density at radius 1 is 1.57 bits per heavy atom. The fourth-order valence-electron chi connectivity index (χ4n) is 0.215. The molecular weight excluding hydrogens is 153 g/mol. The van der Waals surface area contributed by atoms with E-state index in [9.17, 15) is 0 Å². The first kappa shape index (κ1) is 5.44. The highest BCUT2D eigenvalue weighted by Crippen LogP contribution is 2.49. The smallest absolute Gasteiger partial charge is 0.368 e. The van der Waals surface area contributed by atoms with E-state index in [1.165, 1.54) is 0 Å². The fourth-order valence-corrected chi connectivity index (χ4v) is 2.00. The largest absolute Gasteiger partial charge is 0.382 e. The molecule has 1 saturated heterocycles. The van der Waals surface area contributed by atoms with E-state index in [0.29, 0.717) is 0 Å². The zero-order valence-electron chi connectivity index (χ0n) is 3.16. The molecule has 0 amide bonds. The topological polar surface area (TPSA) is 44.5 Å². The number of rotatable bonds is 0. The molecule has 3 nitrogen and oxygen atoms in total. The van der Waals surface area contributed by atoms with Gasteiger partial charge in [-0.25, -0.2) is 5.50 Å². The van der Waals surface area contributed by atoms with Crippen molar-refractivity contribution in [1.29, 1.82) is 0 Å². The summed E-state index contributed by atoms with van der Waals surface area (Å²) in [6, 6.07) is 0. The Balaban J connectivity index is 2.60. The molecule has 2 N–H and O–H groups in total. The Bertz CT molecular complexity index is 144. The zero-order chi connectivity index (χ0) is 5.49. The molecule has 0 spiro atoms. The van der Waals surface area contributed by atoms with E-state index in [1.54, 1.807) is 0 Å². The maximum atomic E-state index is 5.11. The van der Waals surface area contributed by atoms with Crippen molar-refractivity contribution < 1.29 is 9.05 Å². The highest BCUT2D eigenvalue weighted by Gasteiger charge is 2.30. The first-order chi connectivity index (χ1) is 3.10. The summed E-state index contributed by atoms with van der Waals surface area (Å²) in [4.78, 5) is 0. The third-order valence-electron chi connectivity index (χ3n) is 0.404. The van der Waals surface area contributed by atoms with Crippen molar-refractivity contribution in [2.24, 2.45) is 5.50 Å². The van der Waals surface area contributed by atoms with E-state index in [-0.39, 0.29) is 5.24 Å². The van der Waals surface area contributed by atoms with E-state index in [4.69, 9.17) is 5.50 Å². The van der Waals surface area contributed by atoms with E-state index in [2.05, 4.69) is 33.1 Å². The molecule has 6 heteroatoms. The Morgan fingerprint density at radius 2 is 2.00 bits per heavy atom. The highest BCUT2D eigenvalue weighted by atomic mass is 32.5. The van der Waals surface area contributed by atoms with Crippen molar-refractivity contribution in [2.75, 3.05) is 0 Å². The van der Waals surface area contributed by atoms with Crippen molar-refractivity contribution in [3.63, 3.8) is 0 Å². The molecule has 0 aromatic rings. The SMILES string of the molecule is NP1(=S)OC(=S)O1. The van der Waals surface area contributed by atoms with Crippen LogP contribution in [0.25, 0.3) is 0 Å². The lowest BCUT2D eigenvalue weighted by molar-refractivity contribution is 0.321. The summed E-state index contributed by atoms with van der Waals surface area (Å²) in [6.45, 7) is -2.33. The van der Waals surface area contributed by atoms with Gasteiger partial charge in [-0.05, 0) is 0 Å². The van der Waals surface area contributed by atoms with Crippen LogP contribution < -0.4 is 5.50 Å². The van der Waals surface area contributed by atoms with Gasteiger partial charge in [-0.2, -0.15) is 0 Å². The molecule has 1 rings (SSSR count). The molecule has 0 atom stereocenters. The molecule has 0 saturated carbocycles. The van der Waals surface area contributed by atoms with Gasteiger partial charge in [0.1, 0.15) is 0 Å². The number of hydrogen-bond donors (Lipinski definition) is 1. The van der Waals surface area contributed by atoms with Gasteiger partial charge in [-0.15, -0.1) is 0 Å². The summed E-state index contributed by atoms with van der Waals surface area (Å²) in [7, 11) is 0. The maximum absolute atomic E-state index is 5.11. The lowest BCUT2D eigenvalue weighted by Gasteiger charge is -2.26. The van der Waals surface area contributed by atoms with Gasteiger partial charge >= 0.3 is 11.9 Å². The van der Waals surface area contributed by atoms with Crippen LogP contribution in [0.2, 0.25) is 0 Å². The highest BCUT2D eigenvalue weighted by molar-refractivity contribution is 8.10. The van der Waals surface area contributed by atoms with Crippen LogP contribution in [0.5, 0.6) is 0 Å². The van der Waals surface area contributed by atoms with E-state index in [0.717, 1.165) is 0 Å². The van der Waals surface area contributed by atoms with Crippen molar-refractivity contribution in [3.8, 4) is 0 Å². The second-order valence-electron chi connectivity index (χ2n) is 0.972. The summed E-state index contributed by atoms with van der Waals surface area (Å²) in [5.41, 5.74) is 5.11. The fraction of sp³-hybridized carbons (Fsp3) is 0. The molecule has 0 aromatic heterocycles. The standard InChI is InChI=1S/CH2NO2PS2/c2-5(7)3-1(6)4-5/h(H2,2,7). The Hall–Kier alpha value is 0.300. The van der Waals surface area contributed by atoms with Gasteiger partial charge in [0.25, 0.3) is 0 Å². The minimum absolute atomic E-state index is 0.0748. The molecule has 0 radical (unpaired) electrons. The molecule has 0 aliphatic carbocycles. The van der Waals surface area contributed by atoms with Crippen molar-refractivity contribution in [3.05, 3.63) is 0 Å². The lowest BCUT2D eigenvalue weighted by atomic mass is 11.5. The Labute approximate surface area is 51.0 Å². The van der Waals surface area contributed by atoms with Crippen LogP contribution >= 0.6 is 18.9 Å². The quantitative estimate of drug-likeness (QED) is 0.407. The Kier molecular flexibility index (Phi) is 1.08. The van der Waals surface area contributed by atoms with Gasteiger partial charge in [0.05, 0.1) is 0 Å². The first-order valence-corrected chi connectivity index (χ1v) is 4.53. The van der Waals surface area contributed by atoms with Gasteiger partial charge in [-0.3, -0.25) is 0 Å². The molecule has 7 heavy (non-hydrogen) atoms. The maximum Gasteiger partial charge on any atom is 0.368 e. The van der Waals surface area contributed by atoms with Gasteiger partial charge in [0.15, 0.2) is 0 Å². The van der Waals surface area contributed by atoms with E-state index in [1.807, 2.05) is 0 Å². The van der Waals surface area contributed by atoms with Crippen LogP contribution in [0, 0.1) is 0 Å². The Morgan fingerprint density at radius 3 is 2.00 bits per heavy atom. The molecule has 0 aromatic carbocycles. The summed E-state index contributed by atoms with van der Waals surface area (Å²) in [5.74, 6) is 0. The normalized spacial score (nSPS) is 24.4.